The van der Waals surface area contributed by atoms with E-state index >= 15 is 0 Å². The Morgan fingerprint density at radius 1 is 0.963 bits per heavy atom. The first kappa shape index (κ1) is 20.6. The first-order valence-electron chi connectivity index (χ1n) is 9.10. The van der Waals surface area contributed by atoms with Crippen molar-refractivity contribution in [3.8, 4) is 17.2 Å². The van der Waals surface area contributed by atoms with Crippen LogP contribution in [0, 0.1) is 0 Å². The molecule has 0 aliphatic heterocycles. The molecule has 1 amide bonds. The van der Waals surface area contributed by atoms with Gasteiger partial charge in [0.25, 0.3) is 5.91 Å². The molecule has 0 heterocycles. The number of hydrogen-bond acceptors (Lipinski definition) is 5. The van der Waals surface area contributed by atoms with Crippen molar-refractivity contribution in [1.29, 1.82) is 0 Å². The Morgan fingerprint density at radius 3 is 2.33 bits per heavy atom. The number of benzene rings is 2. The van der Waals surface area contributed by atoms with E-state index < -0.39 is 0 Å². The van der Waals surface area contributed by atoms with Crippen LogP contribution in [-0.2, 0) is 0 Å². The van der Waals surface area contributed by atoms with Crippen LogP contribution in [0.2, 0.25) is 0 Å². The number of ether oxygens (including phenoxy) is 3. The van der Waals surface area contributed by atoms with E-state index in [2.05, 4.69) is 24.1 Å². The zero-order chi connectivity index (χ0) is 19.6. The van der Waals surface area contributed by atoms with Crippen LogP contribution in [0.5, 0.6) is 17.2 Å². The Kier molecular flexibility index (Phi) is 7.95. The maximum Gasteiger partial charge on any atom is 0.255 e. The molecule has 0 aliphatic rings. The van der Waals surface area contributed by atoms with E-state index in [4.69, 9.17) is 14.2 Å². The quantitative estimate of drug-likeness (QED) is 0.689. The van der Waals surface area contributed by atoms with E-state index in [1.807, 2.05) is 24.3 Å². The normalized spacial score (nSPS) is 10.6. The molecule has 0 saturated heterocycles. The molecule has 0 saturated carbocycles. The van der Waals surface area contributed by atoms with E-state index in [0.29, 0.717) is 35.1 Å². The van der Waals surface area contributed by atoms with Gasteiger partial charge >= 0.3 is 0 Å². The minimum absolute atomic E-state index is 0.240. The highest BCUT2D eigenvalue weighted by Gasteiger charge is 2.13. The van der Waals surface area contributed by atoms with E-state index in [9.17, 15) is 4.79 Å². The molecule has 146 valence electrons. The number of likely N-dealkylation sites (N-methyl/N-ethyl adjacent to an activating group) is 1. The second-order valence-corrected chi connectivity index (χ2v) is 5.90. The van der Waals surface area contributed by atoms with Crippen molar-refractivity contribution in [1.82, 2.24) is 4.90 Å². The van der Waals surface area contributed by atoms with Crippen molar-refractivity contribution in [3.63, 3.8) is 0 Å². The second kappa shape index (κ2) is 10.4. The molecular weight excluding hydrogens is 344 g/mol. The summed E-state index contributed by atoms with van der Waals surface area (Å²) < 4.78 is 16.4. The third kappa shape index (κ3) is 5.62. The Balaban J connectivity index is 2.07. The van der Waals surface area contributed by atoms with Crippen LogP contribution in [0.1, 0.15) is 24.2 Å². The van der Waals surface area contributed by atoms with Gasteiger partial charge in [0.1, 0.15) is 12.4 Å². The van der Waals surface area contributed by atoms with Crippen molar-refractivity contribution >= 4 is 11.6 Å². The Bertz CT molecular complexity index is 745. The molecule has 0 aliphatic carbocycles. The molecule has 0 bridgehead atoms. The molecule has 0 unspecified atom stereocenters. The molecule has 2 rings (SSSR count). The Morgan fingerprint density at radius 2 is 1.67 bits per heavy atom. The van der Waals surface area contributed by atoms with Crippen molar-refractivity contribution in [3.05, 3.63) is 48.0 Å². The number of nitrogens with zero attached hydrogens (tertiary/aromatic N) is 1. The SMILES string of the molecule is CCN(CC)CCOc1ccccc1NC(=O)c1ccc(OC)c(OC)c1. The second-order valence-electron chi connectivity index (χ2n) is 5.90. The van der Waals surface area contributed by atoms with Crippen LogP contribution in [0.15, 0.2) is 42.5 Å². The van der Waals surface area contributed by atoms with Crippen molar-refractivity contribution in [2.45, 2.75) is 13.8 Å². The third-order valence-corrected chi connectivity index (χ3v) is 4.34. The number of amides is 1. The molecule has 0 fully saturated rings. The fourth-order valence-electron chi connectivity index (χ4n) is 2.69. The Labute approximate surface area is 161 Å². The third-order valence-electron chi connectivity index (χ3n) is 4.34. The first-order valence-corrected chi connectivity index (χ1v) is 9.10. The largest absolute Gasteiger partial charge is 0.493 e. The molecule has 1 N–H and O–H groups in total. The van der Waals surface area contributed by atoms with Crippen molar-refractivity contribution in [2.24, 2.45) is 0 Å². The van der Waals surface area contributed by atoms with Gasteiger partial charge < -0.3 is 24.4 Å². The molecule has 0 radical (unpaired) electrons. The summed E-state index contributed by atoms with van der Waals surface area (Å²) in [6, 6.07) is 12.5. The smallest absolute Gasteiger partial charge is 0.255 e. The average molecular weight is 372 g/mol. The number of carbonyl (C=O) groups excluding carboxylic acids is 1. The molecule has 27 heavy (non-hydrogen) atoms. The average Bonchev–Trinajstić information content (AvgIpc) is 2.71. The van der Waals surface area contributed by atoms with Gasteiger partial charge in [-0.1, -0.05) is 26.0 Å². The number of rotatable bonds is 10. The summed E-state index contributed by atoms with van der Waals surface area (Å²) in [5.41, 5.74) is 1.11. The van der Waals surface area contributed by atoms with Gasteiger partial charge in [-0.15, -0.1) is 0 Å². The van der Waals surface area contributed by atoms with E-state index in [0.717, 1.165) is 19.6 Å². The topological polar surface area (TPSA) is 60.0 Å². The van der Waals surface area contributed by atoms with Gasteiger partial charge in [0, 0.05) is 12.1 Å². The van der Waals surface area contributed by atoms with Gasteiger partial charge in [-0.05, 0) is 43.4 Å². The minimum atomic E-state index is -0.240. The number of hydrogen-bond donors (Lipinski definition) is 1. The maximum atomic E-state index is 12.6. The Hall–Kier alpha value is -2.73. The summed E-state index contributed by atoms with van der Waals surface area (Å²) in [4.78, 5) is 14.9. The van der Waals surface area contributed by atoms with Crippen molar-refractivity contribution in [2.75, 3.05) is 45.8 Å². The zero-order valence-electron chi connectivity index (χ0n) is 16.5. The summed E-state index contributed by atoms with van der Waals surface area (Å²) in [7, 11) is 3.10. The van der Waals surface area contributed by atoms with Crippen LogP contribution >= 0.6 is 0 Å². The van der Waals surface area contributed by atoms with E-state index in [1.165, 1.54) is 0 Å². The lowest BCUT2D eigenvalue weighted by Gasteiger charge is -2.19. The van der Waals surface area contributed by atoms with E-state index in [-0.39, 0.29) is 5.91 Å². The fraction of sp³-hybridized carbons (Fsp3) is 0.381. The minimum Gasteiger partial charge on any atom is -0.493 e. The summed E-state index contributed by atoms with van der Waals surface area (Å²) in [6.45, 7) is 7.62. The maximum absolute atomic E-state index is 12.6. The zero-order valence-corrected chi connectivity index (χ0v) is 16.5. The van der Waals surface area contributed by atoms with Gasteiger partial charge in [0.05, 0.1) is 19.9 Å². The standard InChI is InChI=1S/C21H28N2O4/c1-5-23(6-2)13-14-27-18-10-8-7-9-17(18)22-21(24)16-11-12-19(25-3)20(15-16)26-4/h7-12,15H,5-6,13-14H2,1-4H3,(H,22,24). The van der Waals surface area contributed by atoms with Gasteiger partial charge in [-0.3, -0.25) is 4.79 Å². The van der Waals surface area contributed by atoms with Gasteiger partial charge in [-0.2, -0.15) is 0 Å². The van der Waals surface area contributed by atoms with Crippen LogP contribution in [0.25, 0.3) is 0 Å². The molecule has 0 aromatic heterocycles. The molecule has 0 spiro atoms. The highest BCUT2D eigenvalue weighted by molar-refractivity contribution is 6.05. The number of nitrogens with one attached hydrogen (secondary N) is 1. The lowest BCUT2D eigenvalue weighted by Crippen LogP contribution is -2.28. The van der Waals surface area contributed by atoms with Gasteiger partial charge in [-0.25, -0.2) is 0 Å². The lowest BCUT2D eigenvalue weighted by molar-refractivity contribution is 0.102. The van der Waals surface area contributed by atoms with Crippen LogP contribution in [0.4, 0.5) is 5.69 Å². The van der Waals surface area contributed by atoms with Crippen LogP contribution in [-0.4, -0.2) is 51.3 Å². The molecule has 0 atom stereocenters. The first-order chi connectivity index (χ1) is 13.1. The van der Waals surface area contributed by atoms with Crippen molar-refractivity contribution < 1.29 is 19.0 Å². The molecule has 6 heteroatoms. The fourth-order valence-corrected chi connectivity index (χ4v) is 2.69. The molecule has 6 nitrogen and oxygen atoms in total. The lowest BCUT2D eigenvalue weighted by atomic mass is 10.1. The monoisotopic (exact) mass is 372 g/mol. The van der Waals surface area contributed by atoms with Crippen LogP contribution in [0.3, 0.4) is 0 Å². The predicted molar refractivity (Wildman–Crippen MR) is 107 cm³/mol. The van der Waals surface area contributed by atoms with Crippen LogP contribution < -0.4 is 19.5 Å². The molecule has 2 aromatic rings. The van der Waals surface area contributed by atoms with Gasteiger partial charge in [0.2, 0.25) is 0 Å². The summed E-state index contributed by atoms with van der Waals surface area (Å²) in [6.07, 6.45) is 0. The number of anilines is 1. The highest BCUT2D eigenvalue weighted by atomic mass is 16.5. The molecule has 2 aromatic carbocycles. The number of para-hydroxylation sites is 2. The summed E-state index contributed by atoms with van der Waals surface area (Å²) >= 11 is 0. The number of methoxy groups -OCH3 is 2. The number of carbonyl (C=O) groups is 1. The highest BCUT2D eigenvalue weighted by Crippen LogP contribution is 2.29. The summed E-state index contributed by atoms with van der Waals surface area (Å²) in [5.74, 6) is 1.50. The summed E-state index contributed by atoms with van der Waals surface area (Å²) in [5, 5.41) is 2.91. The molecular formula is C21H28N2O4. The van der Waals surface area contributed by atoms with E-state index in [1.54, 1.807) is 32.4 Å². The van der Waals surface area contributed by atoms with Gasteiger partial charge in [0.15, 0.2) is 11.5 Å². The predicted octanol–water partition coefficient (Wildman–Crippen LogP) is 3.68.